The Kier molecular flexibility index (Phi) is 14.6. The quantitative estimate of drug-likeness (QED) is 0.147. The van der Waals surface area contributed by atoms with Crippen molar-refractivity contribution in [2.45, 2.75) is 89.4 Å². The fraction of sp³-hybridized carbons (Fsp3) is 0.425. The van der Waals surface area contributed by atoms with Crippen LogP contribution in [0, 0.1) is 6.92 Å². The zero-order chi connectivity index (χ0) is 40.4. The predicted octanol–water partition coefficient (Wildman–Crippen LogP) is 5.56. The summed E-state index contributed by atoms with van der Waals surface area (Å²) in [6.45, 7) is 5.47. The van der Waals surface area contributed by atoms with Crippen molar-refractivity contribution in [1.29, 1.82) is 0 Å². The van der Waals surface area contributed by atoms with Gasteiger partial charge < -0.3 is 40.0 Å². The summed E-state index contributed by atoms with van der Waals surface area (Å²) in [5.74, 6) is -0.561. The van der Waals surface area contributed by atoms with Gasteiger partial charge in [0.05, 0.1) is 30.5 Å². The Balaban J connectivity index is 0.000000260. The molecular formula is C40H50ClN5O9. The van der Waals surface area contributed by atoms with Gasteiger partial charge in [-0.05, 0) is 75.1 Å². The number of aromatic nitrogens is 1. The van der Waals surface area contributed by atoms with Crippen LogP contribution >= 0.6 is 11.6 Å². The minimum atomic E-state index is -1.37. The summed E-state index contributed by atoms with van der Waals surface area (Å²) in [7, 11) is 4.69. The molecule has 4 bridgehead atoms. The number of halogens is 1. The number of nitrogens with one attached hydrogen (secondary N) is 1. The van der Waals surface area contributed by atoms with Gasteiger partial charge >= 0.3 is 12.1 Å². The highest BCUT2D eigenvalue weighted by molar-refractivity contribution is 6.35. The van der Waals surface area contributed by atoms with E-state index in [9.17, 15) is 24.3 Å². The summed E-state index contributed by atoms with van der Waals surface area (Å²) in [5.41, 5.74) is 10.00. The third-order valence-electron chi connectivity index (χ3n) is 9.63. The van der Waals surface area contributed by atoms with Gasteiger partial charge in [0.2, 0.25) is 12.3 Å². The van der Waals surface area contributed by atoms with E-state index in [2.05, 4.69) is 10.3 Å². The summed E-state index contributed by atoms with van der Waals surface area (Å²) in [6, 6.07) is 10.8. The number of benzene rings is 2. The Hall–Kier alpha value is -5.18. The van der Waals surface area contributed by atoms with Crippen molar-refractivity contribution in [1.82, 2.24) is 15.2 Å². The number of nitrogens with two attached hydrogens (primary N) is 1. The lowest BCUT2D eigenvalue weighted by molar-refractivity contribution is -0.144. The monoisotopic (exact) mass is 779 g/mol. The topological polar surface area (TPSA) is 197 Å². The number of hydrogen-bond acceptors (Lipinski definition) is 10. The van der Waals surface area contributed by atoms with Gasteiger partial charge in [-0.1, -0.05) is 41.5 Å². The van der Waals surface area contributed by atoms with Crippen LogP contribution in [0.1, 0.15) is 57.1 Å². The summed E-state index contributed by atoms with van der Waals surface area (Å²) in [4.78, 5) is 51.9. The number of carbonyl (C=O) groups is 4. The average Bonchev–Trinajstić information content (AvgIpc) is 3.90. The third-order valence-corrected chi connectivity index (χ3v) is 10.0. The lowest BCUT2D eigenvalue weighted by atomic mass is 9.96. The first-order valence-corrected chi connectivity index (χ1v) is 18.2. The van der Waals surface area contributed by atoms with Gasteiger partial charge in [0.25, 0.3) is 0 Å². The highest BCUT2D eigenvalue weighted by atomic mass is 35.5. The van der Waals surface area contributed by atoms with E-state index in [0.29, 0.717) is 48.6 Å². The van der Waals surface area contributed by atoms with E-state index in [4.69, 9.17) is 36.7 Å². The number of aryl methyl sites for hydroxylation is 1. The smallest absolute Gasteiger partial charge is 0.409 e. The number of carboxylic acids is 1. The Morgan fingerprint density at radius 3 is 2.64 bits per heavy atom. The number of rotatable bonds is 4. The summed E-state index contributed by atoms with van der Waals surface area (Å²) in [6.07, 6.45) is 9.13. The van der Waals surface area contributed by atoms with E-state index in [-0.39, 0.29) is 31.0 Å². The third kappa shape index (κ3) is 11.7. The fourth-order valence-electron chi connectivity index (χ4n) is 6.18. The number of carbonyl (C=O) groups excluding carboxylic acids is 3. The van der Waals surface area contributed by atoms with Crippen LogP contribution in [0.5, 0.6) is 5.75 Å². The lowest BCUT2D eigenvalue weighted by Crippen LogP contribution is -2.56. The van der Waals surface area contributed by atoms with Crippen LogP contribution < -0.4 is 20.7 Å². The first-order chi connectivity index (χ1) is 26.0. The molecule has 6 rings (SSSR count). The van der Waals surface area contributed by atoms with Crippen LogP contribution in [0.2, 0.25) is 5.02 Å². The molecule has 2 fully saturated rings. The second-order valence-electron chi connectivity index (χ2n) is 13.9. The van der Waals surface area contributed by atoms with Crippen molar-refractivity contribution < 1.29 is 43.6 Å². The molecule has 55 heavy (non-hydrogen) atoms. The highest BCUT2D eigenvalue weighted by Crippen LogP contribution is 2.38. The van der Waals surface area contributed by atoms with E-state index in [1.54, 1.807) is 25.3 Å². The van der Waals surface area contributed by atoms with Gasteiger partial charge in [0.15, 0.2) is 0 Å². The zero-order valence-corrected chi connectivity index (χ0v) is 32.7. The number of amides is 3. The predicted molar refractivity (Wildman–Crippen MR) is 210 cm³/mol. The number of fused-ring (bicyclic) bond motifs is 6. The molecular weight excluding hydrogens is 730 g/mol. The van der Waals surface area contributed by atoms with Crippen molar-refractivity contribution in [3.63, 3.8) is 0 Å². The number of methoxy groups -OCH3 is 1. The van der Waals surface area contributed by atoms with Gasteiger partial charge in [-0.15, -0.1) is 0 Å². The van der Waals surface area contributed by atoms with E-state index < -0.39 is 29.9 Å². The molecule has 3 unspecified atom stereocenters. The summed E-state index contributed by atoms with van der Waals surface area (Å²) in [5, 5.41) is 23.2. The molecule has 296 valence electrons. The second kappa shape index (κ2) is 18.9. The Morgan fingerprint density at radius 1 is 1.24 bits per heavy atom. The molecule has 5 atom stereocenters. The minimum Gasteiger partial charge on any atom is -0.495 e. The zero-order valence-electron chi connectivity index (χ0n) is 32.0. The number of aliphatic carboxylic acids is 1. The van der Waals surface area contributed by atoms with Gasteiger partial charge in [-0.2, -0.15) is 0 Å². The molecule has 4 heterocycles. The first-order valence-electron chi connectivity index (χ1n) is 17.9. The van der Waals surface area contributed by atoms with Crippen molar-refractivity contribution in [3.05, 3.63) is 82.5 Å². The fourth-order valence-corrected chi connectivity index (χ4v) is 6.50. The highest BCUT2D eigenvalue weighted by Gasteiger charge is 2.45. The Labute approximate surface area is 325 Å². The average molecular weight is 780 g/mol. The number of aliphatic hydroxyl groups is 1. The number of nitrogens with zero attached hydrogens (tertiary/aromatic N) is 3. The van der Waals surface area contributed by atoms with Crippen LogP contribution in [0.25, 0.3) is 10.9 Å². The number of alkyl carbamates (subject to hydrolysis) is 1. The molecule has 2 saturated heterocycles. The number of epoxide rings is 1. The number of anilines is 2. The van der Waals surface area contributed by atoms with Crippen LogP contribution in [-0.2, 0) is 30.3 Å². The standard InChI is InChI=1S/C25H31ClN2O6.C10H10N2.C5H9NO3/c1-15-6-4-5-9-25(31)14-17(33-24(30)27-25)13-20-19(34-20)7-8-22(29)28(2)18-11-16(10-15)12-21(32-3)23(18)26;1-7-4-5-9(11)8-3-2-6-12-10(7)8;1-4(5(8)9)6(2)3-7/h4-6,11-12,17,19-20,31H,7-10,13-14H2,1-3H3,(H,27,30);2-6H,11H2,1H3;3-4H,1-2H3,(H,8,9)/b5-4+,15-6+;;/t17?,19?,20?,25-;;4-/m1.0/s1. The van der Waals surface area contributed by atoms with E-state index in [1.807, 2.05) is 68.5 Å². The number of allylic oxidation sites excluding steroid dienone is 3. The number of hydrogen-bond donors (Lipinski definition) is 4. The number of likely N-dealkylation sites (N-methyl/N-ethyl adjacent to an activating group) is 1. The van der Waals surface area contributed by atoms with Crippen molar-refractivity contribution in [2.75, 3.05) is 31.8 Å². The molecule has 2 aromatic carbocycles. The molecule has 5 N–H and O–H groups in total. The Morgan fingerprint density at radius 2 is 1.98 bits per heavy atom. The molecule has 0 spiro atoms. The summed E-state index contributed by atoms with van der Waals surface area (Å²) < 4.78 is 16.5. The van der Waals surface area contributed by atoms with Gasteiger partial charge in [-0.25, -0.2) is 9.59 Å². The van der Waals surface area contributed by atoms with E-state index >= 15 is 0 Å². The maximum Gasteiger partial charge on any atom is 0.409 e. The molecule has 0 saturated carbocycles. The molecule has 15 heteroatoms. The van der Waals surface area contributed by atoms with Gasteiger partial charge in [0.1, 0.15) is 28.6 Å². The molecule has 0 aliphatic carbocycles. The largest absolute Gasteiger partial charge is 0.495 e. The molecule has 14 nitrogen and oxygen atoms in total. The molecule has 1 aromatic heterocycles. The van der Waals surface area contributed by atoms with Crippen LogP contribution in [-0.4, -0.2) is 95.8 Å². The minimum absolute atomic E-state index is 0.0777. The second-order valence-corrected chi connectivity index (χ2v) is 14.3. The summed E-state index contributed by atoms with van der Waals surface area (Å²) >= 11 is 6.54. The number of carboxylic acid groups (broad SMARTS) is 1. The van der Waals surface area contributed by atoms with Crippen LogP contribution in [0.15, 0.2) is 66.4 Å². The number of nitrogen functional groups attached to an aromatic ring is 1. The molecule has 0 radical (unpaired) electrons. The number of pyridine rings is 1. The number of ether oxygens (including phenoxy) is 3. The van der Waals surface area contributed by atoms with Gasteiger partial charge in [-0.3, -0.25) is 19.9 Å². The van der Waals surface area contributed by atoms with Crippen molar-refractivity contribution >= 4 is 58.3 Å². The van der Waals surface area contributed by atoms with Crippen molar-refractivity contribution in [2.24, 2.45) is 0 Å². The molecule has 3 aliphatic heterocycles. The van der Waals surface area contributed by atoms with E-state index in [0.717, 1.165) is 32.6 Å². The van der Waals surface area contributed by atoms with Crippen molar-refractivity contribution in [3.8, 4) is 5.75 Å². The SMILES string of the molecule is COc1cc2cc(c1Cl)N(C)C(=O)CCC1OC1CC1C[C@](O)(C/C=C/C=C(\C)C2)NC(=O)O1.C[C@@H](C(=O)O)N(C)C=O.Cc1ccc(N)c2cccnc12. The maximum atomic E-state index is 12.9. The Bertz CT molecular complexity index is 1900. The molecule has 3 amide bonds. The molecule has 3 aliphatic rings. The first kappa shape index (κ1) is 42.6. The normalized spacial score (nSPS) is 24.4. The van der Waals surface area contributed by atoms with Crippen LogP contribution in [0.3, 0.4) is 0 Å². The van der Waals surface area contributed by atoms with E-state index in [1.165, 1.54) is 19.5 Å². The lowest BCUT2D eigenvalue weighted by Gasteiger charge is -2.36. The van der Waals surface area contributed by atoms with Crippen LogP contribution in [0.4, 0.5) is 16.2 Å². The maximum absolute atomic E-state index is 12.9. The molecule has 3 aromatic rings. The van der Waals surface area contributed by atoms with Gasteiger partial charge in [0, 0.05) is 57.0 Å².